The van der Waals surface area contributed by atoms with Crippen molar-refractivity contribution in [3.63, 3.8) is 0 Å². The topological polar surface area (TPSA) is 85.0 Å². The van der Waals surface area contributed by atoms with Crippen molar-refractivity contribution in [1.29, 1.82) is 0 Å². The molecule has 0 aliphatic carbocycles. The highest BCUT2D eigenvalue weighted by Gasteiger charge is 2.33. The maximum absolute atomic E-state index is 14.0. The van der Waals surface area contributed by atoms with Crippen molar-refractivity contribution in [1.82, 2.24) is 20.4 Å². The van der Waals surface area contributed by atoms with Gasteiger partial charge in [-0.05, 0) is 60.2 Å². The van der Waals surface area contributed by atoms with Crippen LogP contribution < -0.4 is 15.5 Å². The summed E-state index contributed by atoms with van der Waals surface area (Å²) in [5, 5.41) is 7.05. The molecule has 0 radical (unpaired) electrons. The summed E-state index contributed by atoms with van der Waals surface area (Å²) in [6.45, 7) is 4.46. The normalized spacial score (nSPS) is 19.1. The summed E-state index contributed by atoms with van der Waals surface area (Å²) in [5.74, 6) is -0.188. The molecule has 2 unspecified atom stereocenters. The maximum atomic E-state index is 14.0. The van der Waals surface area contributed by atoms with E-state index < -0.39 is 12.1 Å². The lowest BCUT2D eigenvalue weighted by atomic mass is 9.95. The summed E-state index contributed by atoms with van der Waals surface area (Å²) >= 11 is 6.11. The number of hydrogen-bond acceptors (Lipinski definition) is 5. The molecule has 3 amide bonds. The molecule has 3 aromatic rings. The van der Waals surface area contributed by atoms with Gasteiger partial charge >= 0.3 is 0 Å². The summed E-state index contributed by atoms with van der Waals surface area (Å²) in [6.07, 6.45) is 3.05. The molecule has 0 spiro atoms. The Morgan fingerprint density at radius 2 is 1.49 bits per heavy atom. The number of likely N-dealkylation sites (tertiary alicyclic amines) is 1. The van der Waals surface area contributed by atoms with Crippen molar-refractivity contribution in [2.45, 2.75) is 44.3 Å². The molecule has 0 bridgehead atoms. The third-order valence-corrected chi connectivity index (χ3v) is 9.08. The zero-order valence-corrected chi connectivity index (χ0v) is 25.1. The lowest BCUT2D eigenvalue weighted by molar-refractivity contribution is -0.137. The number of halogens is 1. The highest BCUT2D eigenvalue weighted by molar-refractivity contribution is 6.30. The Hall–Kier alpha value is -3.88. The molecule has 3 aromatic carbocycles. The van der Waals surface area contributed by atoms with E-state index in [2.05, 4.69) is 27.7 Å². The lowest BCUT2D eigenvalue weighted by Gasteiger charge is -2.38. The first-order valence-corrected chi connectivity index (χ1v) is 15.6. The average Bonchev–Trinajstić information content (AvgIpc) is 3.60. The smallest absolute Gasteiger partial charge is 0.255 e. The van der Waals surface area contributed by atoms with Gasteiger partial charge < -0.3 is 25.3 Å². The predicted octanol–water partition coefficient (Wildman–Crippen LogP) is 3.67. The van der Waals surface area contributed by atoms with Crippen LogP contribution in [0.5, 0.6) is 0 Å². The number of nitrogens with one attached hydrogen (secondary N) is 2. The Labute approximate surface area is 258 Å². The van der Waals surface area contributed by atoms with Crippen LogP contribution in [0.1, 0.15) is 39.9 Å². The number of para-hydroxylation sites is 1. The van der Waals surface area contributed by atoms with Gasteiger partial charge in [-0.15, -0.1) is 0 Å². The van der Waals surface area contributed by atoms with E-state index in [-0.39, 0.29) is 17.7 Å². The van der Waals surface area contributed by atoms with Crippen molar-refractivity contribution in [2.24, 2.45) is 0 Å². The van der Waals surface area contributed by atoms with E-state index in [4.69, 9.17) is 11.6 Å². The fourth-order valence-corrected chi connectivity index (χ4v) is 6.50. The highest BCUT2D eigenvalue weighted by Crippen LogP contribution is 2.25. The van der Waals surface area contributed by atoms with Crippen LogP contribution in [0.4, 0.5) is 5.69 Å². The third-order valence-electron chi connectivity index (χ3n) is 8.83. The Balaban J connectivity index is 1.14. The second-order valence-corrected chi connectivity index (χ2v) is 12.1. The summed E-state index contributed by atoms with van der Waals surface area (Å²) in [4.78, 5) is 46.7. The van der Waals surface area contributed by atoms with E-state index in [0.29, 0.717) is 50.6 Å². The van der Waals surface area contributed by atoms with Gasteiger partial charge in [-0.2, -0.15) is 0 Å². The number of carbonyl (C=O) groups is 3. The molecule has 3 heterocycles. The molecule has 224 valence electrons. The molecule has 2 atom stereocenters. The van der Waals surface area contributed by atoms with E-state index in [9.17, 15) is 14.4 Å². The van der Waals surface area contributed by atoms with Gasteiger partial charge in [0.2, 0.25) is 11.8 Å². The minimum atomic E-state index is -0.705. The number of hydrogen-bond donors (Lipinski definition) is 2. The van der Waals surface area contributed by atoms with Gasteiger partial charge in [0.15, 0.2) is 0 Å². The molecule has 0 saturated carbocycles. The summed E-state index contributed by atoms with van der Waals surface area (Å²) in [6, 6.07) is 22.2. The predicted molar refractivity (Wildman–Crippen MR) is 168 cm³/mol. The van der Waals surface area contributed by atoms with E-state index in [1.54, 1.807) is 12.1 Å². The van der Waals surface area contributed by atoms with Gasteiger partial charge in [0.1, 0.15) is 6.04 Å². The van der Waals surface area contributed by atoms with Gasteiger partial charge in [-0.1, -0.05) is 60.1 Å². The third kappa shape index (κ3) is 6.71. The molecule has 6 rings (SSSR count). The van der Waals surface area contributed by atoms with Crippen molar-refractivity contribution in [3.8, 4) is 0 Å². The highest BCUT2D eigenvalue weighted by atomic mass is 35.5. The molecule has 2 saturated heterocycles. The van der Waals surface area contributed by atoms with E-state index in [0.717, 1.165) is 48.3 Å². The van der Waals surface area contributed by atoms with E-state index in [1.807, 2.05) is 58.3 Å². The lowest BCUT2D eigenvalue weighted by Crippen LogP contribution is -2.58. The van der Waals surface area contributed by atoms with Crippen LogP contribution in [-0.4, -0.2) is 78.9 Å². The zero-order chi connectivity index (χ0) is 29.8. The molecule has 0 aromatic heterocycles. The number of nitrogens with zero attached hydrogens (tertiary/aromatic N) is 3. The van der Waals surface area contributed by atoms with Crippen LogP contribution in [0.25, 0.3) is 0 Å². The first-order valence-electron chi connectivity index (χ1n) is 15.2. The fourth-order valence-electron chi connectivity index (χ4n) is 6.38. The molecule has 2 fully saturated rings. The quantitative estimate of drug-likeness (QED) is 0.433. The number of amides is 3. The molecule has 9 heteroatoms. The number of piperazine rings is 1. The first-order chi connectivity index (χ1) is 21.0. The average molecular weight is 600 g/mol. The number of fused-ring (bicyclic) bond motifs is 1. The van der Waals surface area contributed by atoms with Crippen LogP contribution in [0, 0.1) is 0 Å². The van der Waals surface area contributed by atoms with Crippen LogP contribution >= 0.6 is 11.6 Å². The van der Waals surface area contributed by atoms with Crippen LogP contribution in [-0.2, 0) is 29.0 Å². The Morgan fingerprint density at radius 1 is 0.814 bits per heavy atom. The van der Waals surface area contributed by atoms with Gasteiger partial charge in [0.25, 0.3) is 5.91 Å². The zero-order valence-electron chi connectivity index (χ0n) is 24.3. The number of carbonyl (C=O) groups excluding carboxylic acids is 3. The second-order valence-electron chi connectivity index (χ2n) is 11.6. The van der Waals surface area contributed by atoms with Gasteiger partial charge in [-0.25, -0.2) is 0 Å². The summed E-state index contributed by atoms with van der Waals surface area (Å²) in [7, 11) is 0. The molecular formula is C34H38ClN5O3. The molecular weight excluding hydrogens is 562 g/mol. The maximum Gasteiger partial charge on any atom is 0.255 e. The minimum Gasteiger partial charge on any atom is -0.367 e. The number of rotatable bonds is 7. The van der Waals surface area contributed by atoms with E-state index >= 15 is 0 Å². The summed E-state index contributed by atoms with van der Waals surface area (Å²) < 4.78 is 0. The monoisotopic (exact) mass is 599 g/mol. The SMILES string of the molecule is O=C(NC(Cc1ccc(Cl)cc1)C(=O)N1CCN(c2ccccc2C(=O)N2CCCC2)CC1)C1Cc2ccccc2CN1. The first kappa shape index (κ1) is 29.2. The van der Waals surface area contributed by atoms with Gasteiger partial charge in [-0.3, -0.25) is 14.4 Å². The molecule has 8 nitrogen and oxygen atoms in total. The van der Waals surface area contributed by atoms with E-state index in [1.165, 1.54) is 5.56 Å². The molecule has 3 aliphatic heterocycles. The van der Waals surface area contributed by atoms with Crippen LogP contribution in [0.2, 0.25) is 5.02 Å². The molecule has 2 N–H and O–H groups in total. The van der Waals surface area contributed by atoms with Gasteiger partial charge in [0, 0.05) is 62.9 Å². The Kier molecular flexibility index (Phi) is 8.95. The van der Waals surface area contributed by atoms with Crippen LogP contribution in [0.15, 0.2) is 72.8 Å². The largest absolute Gasteiger partial charge is 0.367 e. The van der Waals surface area contributed by atoms with Crippen molar-refractivity contribution < 1.29 is 14.4 Å². The number of benzene rings is 3. The van der Waals surface area contributed by atoms with Crippen LogP contribution in [0.3, 0.4) is 0 Å². The van der Waals surface area contributed by atoms with Gasteiger partial charge in [0.05, 0.1) is 11.6 Å². The van der Waals surface area contributed by atoms with Crippen molar-refractivity contribution >= 4 is 35.0 Å². The fraction of sp³-hybridized carbons (Fsp3) is 0.382. The molecule has 43 heavy (non-hydrogen) atoms. The standard InChI is InChI=1S/C34H38ClN5O3/c35-27-13-11-24(12-14-27)21-30(37-32(41)29-22-25-7-1-2-8-26(25)23-36-29)34(43)40-19-17-38(18-20-40)31-10-4-3-9-28(31)33(42)39-15-5-6-16-39/h1-4,7-14,29-30,36H,5-6,15-23H2,(H,37,41). The summed E-state index contributed by atoms with van der Waals surface area (Å²) in [5.41, 5.74) is 4.92. The van der Waals surface area contributed by atoms with Crippen molar-refractivity contribution in [2.75, 3.05) is 44.2 Å². The number of anilines is 1. The van der Waals surface area contributed by atoms with Crippen molar-refractivity contribution in [3.05, 3.63) is 100 Å². The minimum absolute atomic E-state index is 0.0799. The molecule has 3 aliphatic rings. The Morgan fingerprint density at radius 3 is 2.23 bits per heavy atom. The second kappa shape index (κ2) is 13.2. The Bertz CT molecular complexity index is 1460.